The zero-order chi connectivity index (χ0) is 9.80. The smallest absolute Gasteiger partial charge is 0.148 e. The Hall–Kier alpha value is -1.42. The van der Waals surface area contributed by atoms with Crippen molar-refractivity contribution >= 4 is 11.6 Å². The van der Waals surface area contributed by atoms with Crippen LogP contribution in [0.2, 0.25) is 0 Å². The van der Waals surface area contributed by atoms with Crippen molar-refractivity contribution in [1.82, 2.24) is 19.7 Å². The lowest BCUT2D eigenvalue weighted by Gasteiger charge is -2.03. The molecule has 0 spiro atoms. The monoisotopic (exact) mass is 208 g/mol. The van der Waals surface area contributed by atoms with Gasteiger partial charge in [-0.25, -0.2) is 0 Å². The fraction of sp³-hybridized carbons (Fsp3) is 0.222. The van der Waals surface area contributed by atoms with Crippen LogP contribution in [0, 0.1) is 0 Å². The van der Waals surface area contributed by atoms with Crippen LogP contribution in [-0.2, 0) is 12.4 Å². The maximum atomic E-state index is 5.70. The van der Waals surface area contributed by atoms with Crippen molar-refractivity contribution in [2.45, 2.75) is 12.4 Å². The Morgan fingerprint density at radius 3 is 2.79 bits per heavy atom. The average molecular weight is 209 g/mol. The van der Waals surface area contributed by atoms with Gasteiger partial charge in [0.05, 0.1) is 12.4 Å². The first-order valence-electron chi connectivity index (χ1n) is 4.21. The van der Waals surface area contributed by atoms with E-state index < -0.39 is 0 Å². The molecule has 0 aliphatic carbocycles. The molecule has 0 unspecified atom stereocenters. The van der Waals surface area contributed by atoms with Crippen LogP contribution in [0.25, 0.3) is 0 Å². The lowest BCUT2D eigenvalue weighted by molar-refractivity contribution is 0.753. The molecule has 0 N–H and O–H groups in total. The summed E-state index contributed by atoms with van der Waals surface area (Å²) in [5.41, 5.74) is 1.16. The van der Waals surface area contributed by atoms with Gasteiger partial charge < -0.3 is 4.57 Å². The highest BCUT2D eigenvalue weighted by Crippen LogP contribution is 2.04. The minimum Gasteiger partial charge on any atom is -0.312 e. The predicted molar refractivity (Wildman–Crippen MR) is 52.9 cm³/mol. The maximum Gasteiger partial charge on any atom is 0.148 e. The topological polar surface area (TPSA) is 43.6 Å². The van der Waals surface area contributed by atoms with E-state index in [2.05, 4.69) is 15.2 Å². The molecule has 0 saturated heterocycles. The molecule has 0 atom stereocenters. The summed E-state index contributed by atoms with van der Waals surface area (Å²) in [5.74, 6) is 1.16. The first kappa shape index (κ1) is 9.15. The Morgan fingerprint density at radius 1 is 1.29 bits per heavy atom. The number of aromatic nitrogens is 4. The van der Waals surface area contributed by atoms with E-state index in [9.17, 15) is 0 Å². The zero-order valence-corrected chi connectivity index (χ0v) is 8.22. The van der Waals surface area contributed by atoms with Crippen LogP contribution in [0.15, 0.2) is 30.9 Å². The summed E-state index contributed by atoms with van der Waals surface area (Å²) in [7, 11) is 0. The highest BCUT2D eigenvalue weighted by molar-refractivity contribution is 6.16. The van der Waals surface area contributed by atoms with Gasteiger partial charge in [0.1, 0.15) is 12.2 Å². The van der Waals surface area contributed by atoms with E-state index in [1.807, 2.05) is 16.7 Å². The lowest BCUT2D eigenvalue weighted by atomic mass is 10.3. The zero-order valence-electron chi connectivity index (χ0n) is 7.47. The second-order valence-electron chi connectivity index (χ2n) is 2.86. The van der Waals surface area contributed by atoms with E-state index in [0.717, 1.165) is 17.9 Å². The van der Waals surface area contributed by atoms with Crippen LogP contribution >= 0.6 is 11.6 Å². The highest BCUT2D eigenvalue weighted by Gasteiger charge is 2.02. The van der Waals surface area contributed by atoms with Crippen molar-refractivity contribution in [2.75, 3.05) is 0 Å². The van der Waals surface area contributed by atoms with Gasteiger partial charge in [0.15, 0.2) is 0 Å². The van der Waals surface area contributed by atoms with Crippen LogP contribution in [0.1, 0.15) is 11.4 Å². The standard InChI is InChI=1S/C9H9ClN4/c10-5-9-13-12-7-14(9)6-8-1-3-11-4-2-8/h1-4,7H,5-6H2. The second kappa shape index (κ2) is 4.19. The molecule has 2 rings (SSSR count). The van der Waals surface area contributed by atoms with Crippen LogP contribution in [-0.4, -0.2) is 19.7 Å². The van der Waals surface area contributed by atoms with Gasteiger partial charge in [-0.05, 0) is 17.7 Å². The quantitative estimate of drug-likeness (QED) is 0.718. The van der Waals surface area contributed by atoms with Crippen molar-refractivity contribution in [3.63, 3.8) is 0 Å². The molecule has 0 radical (unpaired) electrons. The molecular formula is C9H9ClN4. The van der Waals surface area contributed by atoms with E-state index in [1.54, 1.807) is 18.7 Å². The fourth-order valence-corrected chi connectivity index (χ4v) is 1.41. The number of halogens is 1. The third kappa shape index (κ3) is 1.90. The second-order valence-corrected chi connectivity index (χ2v) is 3.13. The third-order valence-corrected chi connectivity index (χ3v) is 2.16. The number of pyridine rings is 1. The average Bonchev–Trinajstić information content (AvgIpc) is 2.67. The van der Waals surface area contributed by atoms with Crippen LogP contribution in [0.3, 0.4) is 0 Å². The summed E-state index contributed by atoms with van der Waals surface area (Å²) < 4.78 is 1.92. The molecule has 0 aromatic carbocycles. The van der Waals surface area contributed by atoms with Gasteiger partial charge in [0.25, 0.3) is 0 Å². The summed E-state index contributed by atoms with van der Waals surface area (Å²) in [6, 6.07) is 3.91. The highest BCUT2D eigenvalue weighted by atomic mass is 35.5. The van der Waals surface area contributed by atoms with Crippen molar-refractivity contribution in [1.29, 1.82) is 0 Å². The molecule has 0 amide bonds. The first-order valence-corrected chi connectivity index (χ1v) is 4.75. The number of alkyl halides is 1. The van der Waals surface area contributed by atoms with E-state index >= 15 is 0 Å². The summed E-state index contributed by atoms with van der Waals surface area (Å²) >= 11 is 5.70. The number of nitrogens with zero attached hydrogens (tertiary/aromatic N) is 4. The SMILES string of the molecule is ClCc1nncn1Cc1ccncc1. The van der Waals surface area contributed by atoms with E-state index in [0.29, 0.717) is 5.88 Å². The van der Waals surface area contributed by atoms with Crippen LogP contribution in [0.4, 0.5) is 0 Å². The maximum absolute atomic E-state index is 5.70. The number of hydrogen-bond acceptors (Lipinski definition) is 3. The Labute approximate surface area is 86.6 Å². The molecule has 14 heavy (non-hydrogen) atoms. The van der Waals surface area contributed by atoms with Crippen molar-refractivity contribution in [3.05, 3.63) is 42.2 Å². The van der Waals surface area contributed by atoms with Crippen LogP contribution < -0.4 is 0 Å². The Bertz CT molecular complexity index is 398. The van der Waals surface area contributed by atoms with Crippen molar-refractivity contribution < 1.29 is 0 Å². The largest absolute Gasteiger partial charge is 0.312 e. The van der Waals surface area contributed by atoms with Gasteiger partial charge in [0.2, 0.25) is 0 Å². The summed E-state index contributed by atoms with van der Waals surface area (Å²) in [4.78, 5) is 3.95. The molecule has 72 valence electrons. The molecular weight excluding hydrogens is 200 g/mol. The molecule has 0 saturated carbocycles. The van der Waals surface area contributed by atoms with E-state index in [-0.39, 0.29) is 0 Å². The van der Waals surface area contributed by atoms with Gasteiger partial charge in [-0.2, -0.15) is 0 Å². The molecule has 4 nitrogen and oxygen atoms in total. The number of hydrogen-bond donors (Lipinski definition) is 0. The molecule has 0 bridgehead atoms. The fourth-order valence-electron chi connectivity index (χ4n) is 1.20. The van der Waals surface area contributed by atoms with E-state index in [4.69, 9.17) is 11.6 Å². The van der Waals surface area contributed by atoms with Crippen LogP contribution in [0.5, 0.6) is 0 Å². The molecule has 2 aromatic heterocycles. The summed E-state index contributed by atoms with van der Waals surface area (Å²) in [5, 5.41) is 7.70. The third-order valence-electron chi connectivity index (χ3n) is 1.92. The van der Waals surface area contributed by atoms with Gasteiger partial charge in [0, 0.05) is 12.4 Å². The Balaban J connectivity index is 2.19. The molecule has 2 aromatic rings. The van der Waals surface area contributed by atoms with Crippen molar-refractivity contribution in [3.8, 4) is 0 Å². The predicted octanol–water partition coefficient (Wildman–Crippen LogP) is 1.46. The number of rotatable bonds is 3. The minimum absolute atomic E-state index is 0.380. The molecule has 0 aliphatic rings. The molecule has 5 heteroatoms. The lowest BCUT2D eigenvalue weighted by Crippen LogP contribution is -2.02. The molecule has 2 heterocycles. The van der Waals surface area contributed by atoms with E-state index in [1.165, 1.54) is 0 Å². The van der Waals surface area contributed by atoms with Gasteiger partial charge in [-0.15, -0.1) is 21.8 Å². The molecule has 0 fully saturated rings. The van der Waals surface area contributed by atoms with Crippen molar-refractivity contribution in [2.24, 2.45) is 0 Å². The van der Waals surface area contributed by atoms with Gasteiger partial charge in [-0.3, -0.25) is 4.98 Å². The Morgan fingerprint density at radius 2 is 2.07 bits per heavy atom. The minimum atomic E-state index is 0.380. The van der Waals surface area contributed by atoms with Gasteiger partial charge >= 0.3 is 0 Å². The summed E-state index contributed by atoms with van der Waals surface area (Å²) in [6.07, 6.45) is 5.21. The van der Waals surface area contributed by atoms with Gasteiger partial charge in [-0.1, -0.05) is 0 Å². The Kier molecular flexibility index (Phi) is 2.74. The molecule has 0 aliphatic heterocycles. The first-order chi connectivity index (χ1) is 6.90. The summed E-state index contributed by atoms with van der Waals surface area (Å²) in [6.45, 7) is 0.734. The normalized spacial score (nSPS) is 10.4.